The maximum absolute atomic E-state index is 11.9. The standard InChI is InChI=1S/C12H15N3O3S/c1-8-4-10-12(13-6-8)15-2-3-19(17,18)7-9(15)5-11(16)14-10/h4,6,9H,2-3,5,7H2,1H3,(H,14,16). The largest absolute Gasteiger partial charge is 0.349 e. The number of carbonyl (C=O) groups excluding carboxylic acids is 1. The minimum atomic E-state index is -3.05. The lowest BCUT2D eigenvalue weighted by Gasteiger charge is -2.34. The van der Waals surface area contributed by atoms with Gasteiger partial charge in [0.25, 0.3) is 0 Å². The topological polar surface area (TPSA) is 79.4 Å². The molecule has 102 valence electrons. The summed E-state index contributed by atoms with van der Waals surface area (Å²) >= 11 is 0. The van der Waals surface area contributed by atoms with Gasteiger partial charge in [0.15, 0.2) is 15.7 Å². The van der Waals surface area contributed by atoms with Gasteiger partial charge < -0.3 is 10.2 Å². The summed E-state index contributed by atoms with van der Waals surface area (Å²) in [7, 11) is -3.05. The van der Waals surface area contributed by atoms with Gasteiger partial charge in [-0.2, -0.15) is 0 Å². The lowest BCUT2D eigenvalue weighted by Crippen LogP contribution is -2.49. The van der Waals surface area contributed by atoms with Crippen molar-refractivity contribution in [1.29, 1.82) is 0 Å². The van der Waals surface area contributed by atoms with Crippen LogP contribution in [0.4, 0.5) is 11.5 Å². The Bertz CT molecular complexity index is 642. The van der Waals surface area contributed by atoms with Crippen molar-refractivity contribution >= 4 is 27.2 Å². The Morgan fingerprint density at radius 1 is 1.47 bits per heavy atom. The van der Waals surface area contributed by atoms with Gasteiger partial charge in [-0.3, -0.25) is 4.79 Å². The van der Waals surface area contributed by atoms with Crippen LogP contribution in [0.15, 0.2) is 12.3 Å². The van der Waals surface area contributed by atoms with E-state index in [1.807, 2.05) is 17.9 Å². The zero-order valence-corrected chi connectivity index (χ0v) is 11.4. The van der Waals surface area contributed by atoms with E-state index in [1.165, 1.54) is 0 Å². The number of amides is 1. The predicted molar refractivity (Wildman–Crippen MR) is 72.0 cm³/mol. The molecule has 6 nitrogen and oxygen atoms in total. The van der Waals surface area contributed by atoms with Crippen LogP contribution in [0.5, 0.6) is 0 Å². The Hall–Kier alpha value is -1.63. The molecule has 1 atom stereocenters. The molecule has 3 heterocycles. The molecule has 1 amide bonds. The fourth-order valence-electron chi connectivity index (χ4n) is 2.63. The lowest BCUT2D eigenvalue weighted by atomic mass is 10.2. The highest BCUT2D eigenvalue weighted by Crippen LogP contribution is 2.32. The quantitative estimate of drug-likeness (QED) is 0.741. The molecule has 2 aliphatic heterocycles. The summed E-state index contributed by atoms with van der Waals surface area (Å²) in [4.78, 5) is 18.2. The highest BCUT2D eigenvalue weighted by molar-refractivity contribution is 7.91. The lowest BCUT2D eigenvalue weighted by molar-refractivity contribution is -0.116. The van der Waals surface area contributed by atoms with Crippen LogP contribution in [0.3, 0.4) is 0 Å². The molecule has 0 bridgehead atoms. The summed E-state index contributed by atoms with van der Waals surface area (Å²) in [5, 5.41) is 2.81. The number of aryl methyl sites for hydroxylation is 1. The van der Waals surface area contributed by atoms with Crippen LogP contribution in [0.25, 0.3) is 0 Å². The molecule has 1 aromatic heterocycles. The Labute approximate surface area is 111 Å². The van der Waals surface area contributed by atoms with Crippen molar-refractivity contribution in [3.8, 4) is 0 Å². The van der Waals surface area contributed by atoms with E-state index < -0.39 is 9.84 Å². The summed E-state index contributed by atoms with van der Waals surface area (Å²) in [5.41, 5.74) is 1.63. The van der Waals surface area contributed by atoms with Gasteiger partial charge in [0.2, 0.25) is 5.91 Å². The second kappa shape index (κ2) is 4.19. The zero-order valence-electron chi connectivity index (χ0n) is 10.6. The molecule has 2 aliphatic rings. The van der Waals surface area contributed by atoms with Gasteiger partial charge in [-0.25, -0.2) is 13.4 Å². The maximum Gasteiger partial charge on any atom is 0.226 e. The Kier molecular flexibility index (Phi) is 2.74. The molecular formula is C12H15N3O3S. The third-order valence-electron chi connectivity index (χ3n) is 3.50. The predicted octanol–water partition coefficient (Wildman–Crippen LogP) is 0.336. The van der Waals surface area contributed by atoms with Gasteiger partial charge in [-0.05, 0) is 18.6 Å². The van der Waals surface area contributed by atoms with E-state index in [0.29, 0.717) is 18.1 Å². The first-order valence-corrected chi connectivity index (χ1v) is 8.00. The number of aromatic nitrogens is 1. The minimum absolute atomic E-state index is 0.0232. The molecule has 0 saturated carbocycles. The van der Waals surface area contributed by atoms with Crippen molar-refractivity contribution in [3.05, 3.63) is 17.8 Å². The van der Waals surface area contributed by atoms with Crippen molar-refractivity contribution in [3.63, 3.8) is 0 Å². The minimum Gasteiger partial charge on any atom is -0.349 e. The van der Waals surface area contributed by atoms with E-state index in [-0.39, 0.29) is 29.9 Å². The van der Waals surface area contributed by atoms with Crippen LogP contribution in [-0.4, -0.2) is 43.4 Å². The Morgan fingerprint density at radius 3 is 3.05 bits per heavy atom. The molecular weight excluding hydrogens is 266 g/mol. The molecule has 1 N–H and O–H groups in total. The average Bonchev–Trinajstić information content (AvgIpc) is 2.41. The molecule has 0 aromatic carbocycles. The molecule has 1 unspecified atom stereocenters. The van der Waals surface area contributed by atoms with E-state index in [2.05, 4.69) is 10.3 Å². The van der Waals surface area contributed by atoms with E-state index in [9.17, 15) is 13.2 Å². The van der Waals surface area contributed by atoms with E-state index >= 15 is 0 Å². The summed E-state index contributed by atoms with van der Waals surface area (Å²) < 4.78 is 23.4. The van der Waals surface area contributed by atoms with Crippen molar-refractivity contribution < 1.29 is 13.2 Å². The number of anilines is 2. The van der Waals surface area contributed by atoms with Crippen LogP contribution in [0.1, 0.15) is 12.0 Å². The van der Waals surface area contributed by atoms with E-state index in [4.69, 9.17) is 0 Å². The van der Waals surface area contributed by atoms with Gasteiger partial charge >= 0.3 is 0 Å². The fraction of sp³-hybridized carbons (Fsp3) is 0.500. The number of nitrogens with one attached hydrogen (secondary N) is 1. The molecule has 0 spiro atoms. The SMILES string of the molecule is Cc1cnc2c(c1)NC(=O)CC1CS(=O)(=O)CCN21. The highest BCUT2D eigenvalue weighted by atomic mass is 32.2. The second-order valence-electron chi connectivity index (χ2n) is 5.10. The van der Waals surface area contributed by atoms with E-state index in [1.54, 1.807) is 6.20 Å². The average molecular weight is 281 g/mol. The molecule has 1 aromatic rings. The summed E-state index contributed by atoms with van der Waals surface area (Å²) in [6, 6.07) is 1.56. The fourth-order valence-corrected chi connectivity index (χ4v) is 4.16. The summed E-state index contributed by atoms with van der Waals surface area (Å²) in [6.45, 7) is 2.30. The Balaban J connectivity index is 2.06. The van der Waals surface area contributed by atoms with Gasteiger partial charge in [0.1, 0.15) is 0 Å². The smallest absolute Gasteiger partial charge is 0.226 e. The number of fused-ring (bicyclic) bond motifs is 3. The van der Waals surface area contributed by atoms with Crippen LogP contribution in [0, 0.1) is 6.92 Å². The normalized spacial score (nSPS) is 25.0. The number of hydrogen-bond donors (Lipinski definition) is 1. The molecule has 0 aliphatic carbocycles. The Morgan fingerprint density at radius 2 is 2.26 bits per heavy atom. The van der Waals surface area contributed by atoms with Crippen molar-refractivity contribution in [1.82, 2.24) is 4.98 Å². The van der Waals surface area contributed by atoms with Crippen molar-refractivity contribution in [2.24, 2.45) is 0 Å². The van der Waals surface area contributed by atoms with Crippen LogP contribution < -0.4 is 10.2 Å². The summed E-state index contributed by atoms with van der Waals surface area (Å²) in [6.07, 6.45) is 1.92. The van der Waals surface area contributed by atoms with Gasteiger partial charge in [-0.15, -0.1) is 0 Å². The number of carbonyl (C=O) groups is 1. The van der Waals surface area contributed by atoms with Crippen molar-refractivity contribution in [2.75, 3.05) is 28.3 Å². The van der Waals surface area contributed by atoms with Crippen LogP contribution >= 0.6 is 0 Å². The van der Waals surface area contributed by atoms with Gasteiger partial charge in [0, 0.05) is 19.2 Å². The van der Waals surface area contributed by atoms with Gasteiger partial charge in [-0.1, -0.05) is 0 Å². The molecule has 1 saturated heterocycles. The first kappa shape index (κ1) is 12.4. The monoisotopic (exact) mass is 281 g/mol. The zero-order chi connectivity index (χ0) is 13.6. The number of hydrogen-bond acceptors (Lipinski definition) is 5. The molecule has 19 heavy (non-hydrogen) atoms. The molecule has 0 radical (unpaired) electrons. The second-order valence-corrected chi connectivity index (χ2v) is 7.33. The highest BCUT2D eigenvalue weighted by Gasteiger charge is 2.36. The van der Waals surface area contributed by atoms with Crippen LogP contribution in [-0.2, 0) is 14.6 Å². The third-order valence-corrected chi connectivity index (χ3v) is 5.20. The molecule has 3 rings (SSSR count). The summed E-state index contributed by atoms with van der Waals surface area (Å²) in [5.74, 6) is 0.664. The van der Waals surface area contributed by atoms with Crippen molar-refractivity contribution in [2.45, 2.75) is 19.4 Å². The number of rotatable bonds is 0. The molecule has 7 heteroatoms. The number of nitrogens with zero attached hydrogens (tertiary/aromatic N) is 2. The van der Waals surface area contributed by atoms with Gasteiger partial charge in [0.05, 0.1) is 23.2 Å². The number of pyridine rings is 1. The number of sulfone groups is 1. The molecule has 1 fully saturated rings. The maximum atomic E-state index is 11.9. The first-order valence-electron chi connectivity index (χ1n) is 6.18. The van der Waals surface area contributed by atoms with E-state index in [0.717, 1.165) is 5.56 Å². The first-order chi connectivity index (χ1) is 8.94. The van der Waals surface area contributed by atoms with Crippen LogP contribution in [0.2, 0.25) is 0 Å². The third kappa shape index (κ3) is 2.30.